The van der Waals surface area contributed by atoms with Gasteiger partial charge in [0, 0.05) is 31.0 Å². The van der Waals surface area contributed by atoms with Crippen molar-refractivity contribution in [3.8, 4) is 0 Å². The molecule has 4 heteroatoms. The highest BCUT2D eigenvalue weighted by molar-refractivity contribution is 5.12. The van der Waals surface area contributed by atoms with E-state index in [2.05, 4.69) is 11.3 Å². The van der Waals surface area contributed by atoms with Gasteiger partial charge in [0.25, 0.3) is 0 Å². The Morgan fingerprint density at radius 2 is 2.33 bits per heavy atom. The Bertz CT molecular complexity index is 345. The molecule has 2 heterocycles. The largest absolute Gasteiger partial charge is 0.372 e. The molecular weight excluding hydrogens is 190 g/mol. The summed E-state index contributed by atoms with van der Waals surface area (Å²) in [7, 11) is 0. The topological polar surface area (TPSA) is 53.1 Å². The number of rotatable bonds is 3. The first-order chi connectivity index (χ1) is 7.33. The maximum absolute atomic E-state index is 5.97. The number of hydrogen-bond donors (Lipinski definition) is 1. The average Bonchev–Trinajstić information content (AvgIpc) is 2.74. The van der Waals surface area contributed by atoms with E-state index in [1.54, 1.807) is 0 Å². The standard InChI is InChI=1S/C11H17N3O/c12-10-3-4-15-11(10)9-5-13-14(7-9)6-8-1-2-8/h5,7-8,10-11H,1-4,6,12H2/t10-,11+/m1/s1. The minimum absolute atomic E-state index is 0.0675. The molecule has 0 bridgehead atoms. The van der Waals surface area contributed by atoms with Crippen molar-refractivity contribution in [2.75, 3.05) is 6.61 Å². The van der Waals surface area contributed by atoms with E-state index in [1.807, 2.05) is 10.9 Å². The molecule has 1 saturated carbocycles. The molecule has 0 spiro atoms. The van der Waals surface area contributed by atoms with Crippen LogP contribution in [-0.4, -0.2) is 22.4 Å². The third-order valence-corrected chi connectivity index (χ3v) is 3.26. The molecule has 2 N–H and O–H groups in total. The number of aromatic nitrogens is 2. The van der Waals surface area contributed by atoms with Crippen LogP contribution in [0.15, 0.2) is 12.4 Å². The van der Waals surface area contributed by atoms with E-state index in [4.69, 9.17) is 10.5 Å². The molecule has 0 radical (unpaired) electrons. The number of hydrogen-bond acceptors (Lipinski definition) is 3. The highest BCUT2D eigenvalue weighted by Crippen LogP contribution is 2.31. The molecule has 1 aromatic rings. The predicted molar refractivity (Wildman–Crippen MR) is 56.2 cm³/mol. The molecule has 2 atom stereocenters. The Kier molecular flexibility index (Phi) is 2.25. The van der Waals surface area contributed by atoms with Gasteiger partial charge in [0.15, 0.2) is 0 Å². The summed E-state index contributed by atoms with van der Waals surface area (Å²) in [6.07, 6.45) is 7.73. The van der Waals surface area contributed by atoms with Crippen LogP contribution in [0.3, 0.4) is 0 Å². The first-order valence-corrected chi connectivity index (χ1v) is 5.72. The van der Waals surface area contributed by atoms with E-state index in [0.717, 1.165) is 31.1 Å². The molecule has 4 nitrogen and oxygen atoms in total. The molecule has 82 valence electrons. The molecule has 1 aromatic heterocycles. The zero-order valence-corrected chi connectivity index (χ0v) is 8.80. The molecule has 15 heavy (non-hydrogen) atoms. The molecular formula is C11H17N3O. The first kappa shape index (κ1) is 9.36. The molecule has 0 amide bonds. The van der Waals surface area contributed by atoms with Crippen LogP contribution in [-0.2, 0) is 11.3 Å². The van der Waals surface area contributed by atoms with Gasteiger partial charge < -0.3 is 10.5 Å². The summed E-state index contributed by atoms with van der Waals surface area (Å²) in [6, 6.07) is 0.142. The maximum atomic E-state index is 5.97. The fourth-order valence-electron chi connectivity index (χ4n) is 2.14. The lowest BCUT2D eigenvalue weighted by molar-refractivity contribution is 0.105. The van der Waals surface area contributed by atoms with E-state index < -0.39 is 0 Å². The van der Waals surface area contributed by atoms with Crippen LogP contribution in [0.25, 0.3) is 0 Å². The van der Waals surface area contributed by atoms with Gasteiger partial charge in [0.05, 0.1) is 6.20 Å². The second-order valence-corrected chi connectivity index (χ2v) is 4.68. The van der Waals surface area contributed by atoms with Gasteiger partial charge >= 0.3 is 0 Å². The third-order valence-electron chi connectivity index (χ3n) is 3.26. The van der Waals surface area contributed by atoms with Gasteiger partial charge in [0.1, 0.15) is 6.10 Å². The van der Waals surface area contributed by atoms with Crippen molar-refractivity contribution in [3.05, 3.63) is 18.0 Å². The minimum atomic E-state index is 0.0675. The summed E-state index contributed by atoms with van der Waals surface area (Å²) in [4.78, 5) is 0. The minimum Gasteiger partial charge on any atom is -0.372 e. The van der Waals surface area contributed by atoms with Crippen molar-refractivity contribution >= 4 is 0 Å². The fourth-order valence-corrected chi connectivity index (χ4v) is 2.14. The fraction of sp³-hybridized carbons (Fsp3) is 0.727. The van der Waals surface area contributed by atoms with Gasteiger partial charge in [-0.1, -0.05) is 0 Å². The summed E-state index contributed by atoms with van der Waals surface area (Å²) in [5.74, 6) is 0.857. The van der Waals surface area contributed by atoms with E-state index >= 15 is 0 Å². The summed E-state index contributed by atoms with van der Waals surface area (Å²) < 4.78 is 7.64. The Balaban J connectivity index is 1.71. The summed E-state index contributed by atoms with van der Waals surface area (Å²) >= 11 is 0. The van der Waals surface area contributed by atoms with Gasteiger partial charge in [-0.15, -0.1) is 0 Å². The molecule has 0 aromatic carbocycles. The second-order valence-electron chi connectivity index (χ2n) is 4.68. The molecule has 1 aliphatic heterocycles. The Morgan fingerprint density at radius 3 is 3.00 bits per heavy atom. The first-order valence-electron chi connectivity index (χ1n) is 5.72. The molecule has 1 aliphatic carbocycles. The predicted octanol–water partition coefficient (Wildman–Crippen LogP) is 1.08. The zero-order valence-electron chi connectivity index (χ0n) is 8.80. The highest BCUT2D eigenvalue weighted by atomic mass is 16.5. The van der Waals surface area contributed by atoms with Crippen LogP contribution in [0.2, 0.25) is 0 Å². The summed E-state index contributed by atoms with van der Waals surface area (Å²) in [5.41, 5.74) is 7.11. The average molecular weight is 207 g/mol. The van der Waals surface area contributed by atoms with Gasteiger partial charge in [-0.3, -0.25) is 4.68 Å². The van der Waals surface area contributed by atoms with E-state index in [9.17, 15) is 0 Å². The lowest BCUT2D eigenvalue weighted by Crippen LogP contribution is -2.23. The lowest BCUT2D eigenvalue weighted by Gasteiger charge is -2.11. The van der Waals surface area contributed by atoms with Crippen LogP contribution in [0, 0.1) is 5.92 Å². The number of ether oxygens (including phenoxy) is 1. The van der Waals surface area contributed by atoms with Gasteiger partial charge in [-0.25, -0.2) is 0 Å². The van der Waals surface area contributed by atoms with Gasteiger partial charge in [-0.2, -0.15) is 5.10 Å². The molecule has 0 unspecified atom stereocenters. The van der Waals surface area contributed by atoms with Crippen molar-refractivity contribution in [1.82, 2.24) is 9.78 Å². The monoisotopic (exact) mass is 207 g/mol. The Hall–Kier alpha value is -0.870. The molecule has 1 saturated heterocycles. The Morgan fingerprint density at radius 1 is 1.47 bits per heavy atom. The van der Waals surface area contributed by atoms with E-state index in [1.165, 1.54) is 12.8 Å². The van der Waals surface area contributed by atoms with Crippen molar-refractivity contribution in [2.45, 2.75) is 38.0 Å². The van der Waals surface area contributed by atoms with Crippen molar-refractivity contribution in [1.29, 1.82) is 0 Å². The third kappa shape index (κ3) is 1.92. The SMILES string of the molecule is N[C@@H]1CCO[C@H]1c1cnn(CC2CC2)c1. The molecule has 2 fully saturated rings. The van der Waals surface area contributed by atoms with E-state index in [-0.39, 0.29) is 12.1 Å². The number of nitrogens with zero attached hydrogens (tertiary/aromatic N) is 2. The van der Waals surface area contributed by atoms with Crippen molar-refractivity contribution in [2.24, 2.45) is 11.7 Å². The van der Waals surface area contributed by atoms with Crippen LogP contribution >= 0.6 is 0 Å². The number of nitrogens with two attached hydrogens (primary N) is 1. The van der Waals surface area contributed by atoms with Crippen LogP contribution in [0.5, 0.6) is 0 Å². The molecule has 3 rings (SSSR count). The molecule has 2 aliphatic rings. The zero-order chi connectivity index (χ0) is 10.3. The van der Waals surface area contributed by atoms with Crippen LogP contribution in [0.1, 0.15) is 30.9 Å². The smallest absolute Gasteiger partial charge is 0.101 e. The van der Waals surface area contributed by atoms with Crippen molar-refractivity contribution < 1.29 is 4.74 Å². The normalized spacial score (nSPS) is 31.0. The van der Waals surface area contributed by atoms with Crippen LogP contribution in [0.4, 0.5) is 0 Å². The lowest BCUT2D eigenvalue weighted by atomic mass is 10.1. The summed E-state index contributed by atoms with van der Waals surface area (Å²) in [6.45, 7) is 1.83. The quantitative estimate of drug-likeness (QED) is 0.807. The van der Waals surface area contributed by atoms with Crippen LogP contribution < -0.4 is 5.73 Å². The second kappa shape index (κ2) is 3.61. The summed E-state index contributed by atoms with van der Waals surface area (Å²) in [5, 5.41) is 4.36. The maximum Gasteiger partial charge on any atom is 0.101 e. The van der Waals surface area contributed by atoms with E-state index in [0.29, 0.717) is 0 Å². The Labute approximate surface area is 89.4 Å². The van der Waals surface area contributed by atoms with Gasteiger partial charge in [-0.05, 0) is 25.2 Å². The highest BCUT2D eigenvalue weighted by Gasteiger charge is 2.28. The van der Waals surface area contributed by atoms with Gasteiger partial charge in [0.2, 0.25) is 0 Å². The van der Waals surface area contributed by atoms with Crippen molar-refractivity contribution in [3.63, 3.8) is 0 Å².